The van der Waals surface area contributed by atoms with Gasteiger partial charge in [-0.05, 0) is 46.6 Å². The van der Waals surface area contributed by atoms with Gasteiger partial charge in [0.1, 0.15) is 0 Å². The second kappa shape index (κ2) is 8.16. The number of carbonyl (C=O) groups excluding carboxylic acids is 1. The van der Waals surface area contributed by atoms with Crippen molar-refractivity contribution in [3.05, 3.63) is 23.3 Å². The molecule has 3 nitrogen and oxygen atoms in total. The molecule has 1 amide bonds. The average Bonchev–Trinajstić information content (AvgIpc) is 2.83. The molecule has 0 spiro atoms. The third-order valence-electron chi connectivity index (χ3n) is 3.68. The molecular formula is C16H28N2O. The highest BCUT2D eigenvalue weighted by atomic mass is 16.1. The molecule has 19 heavy (non-hydrogen) atoms. The molecule has 3 heteroatoms. The molecule has 1 rings (SSSR count). The van der Waals surface area contributed by atoms with Crippen LogP contribution in [0, 0.1) is 5.92 Å². The van der Waals surface area contributed by atoms with Gasteiger partial charge >= 0.3 is 0 Å². The number of hydrogen-bond donors (Lipinski definition) is 1. The fraction of sp³-hybridized carbons (Fsp3) is 0.688. The van der Waals surface area contributed by atoms with Gasteiger partial charge in [-0.15, -0.1) is 0 Å². The van der Waals surface area contributed by atoms with Gasteiger partial charge in [-0.25, -0.2) is 0 Å². The molecule has 0 bridgehead atoms. The Morgan fingerprint density at radius 2 is 2.05 bits per heavy atom. The van der Waals surface area contributed by atoms with E-state index >= 15 is 0 Å². The largest absolute Gasteiger partial charge is 0.359 e. The minimum Gasteiger partial charge on any atom is -0.359 e. The molecule has 1 saturated heterocycles. The van der Waals surface area contributed by atoms with Crippen LogP contribution >= 0.6 is 0 Å². The van der Waals surface area contributed by atoms with Gasteiger partial charge in [0.2, 0.25) is 5.91 Å². The van der Waals surface area contributed by atoms with Crippen LogP contribution in [0.1, 0.15) is 40.0 Å². The zero-order valence-corrected chi connectivity index (χ0v) is 12.8. The van der Waals surface area contributed by atoms with Gasteiger partial charge in [-0.1, -0.05) is 23.3 Å². The van der Waals surface area contributed by atoms with Gasteiger partial charge in [0.25, 0.3) is 0 Å². The first-order valence-electron chi connectivity index (χ1n) is 7.26. The van der Waals surface area contributed by atoms with Crippen LogP contribution in [-0.4, -0.2) is 37.5 Å². The molecular weight excluding hydrogens is 236 g/mol. The smallest absolute Gasteiger partial charge is 0.224 e. The van der Waals surface area contributed by atoms with Crippen molar-refractivity contribution in [3.8, 4) is 0 Å². The van der Waals surface area contributed by atoms with Crippen molar-refractivity contribution >= 4 is 5.91 Å². The second-order valence-corrected chi connectivity index (χ2v) is 5.73. The third-order valence-corrected chi connectivity index (χ3v) is 3.68. The van der Waals surface area contributed by atoms with E-state index in [2.05, 4.69) is 43.1 Å². The summed E-state index contributed by atoms with van der Waals surface area (Å²) in [5.74, 6) is 0.371. The van der Waals surface area contributed by atoms with E-state index in [9.17, 15) is 4.79 Å². The van der Waals surface area contributed by atoms with Crippen LogP contribution in [0.5, 0.6) is 0 Å². The van der Waals surface area contributed by atoms with E-state index in [1.54, 1.807) is 7.05 Å². The van der Waals surface area contributed by atoms with Crippen molar-refractivity contribution in [3.63, 3.8) is 0 Å². The maximum Gasteiger partial charge on any atom is 0.224 e. The van der Waals surface area contributed by atoms with Crippen LogP contribution < -0.4 is 5.32 Å². The number of hydrogen-bond acceptors (Lipinski definition) is 2. The van der Waals surface area contributed by atoms with Gasteiger partial charge in [0.15, 0.2) is 0 Å². The Hall–Kier alpha value is -1.09. The number of rotatable bonds is 6. The number of nitrogens with one attached hydrogen (secondary N) is 1. The lowest BCUT2D eigenvalue weighted by Gasteiger charge is -2.13. The van der Waals surface area contributed by atoms with E-state index in [-0.39, 0.29) is 11.8 Å². The molecule has 0 aromatic rings. The second-order valence-electron chi connectivity index (χ2n) is 5.73. The lowest BCUT2D eigenvalue weighted by Crippen LogP contribution is -2.30. The third kappa shape index (κ3) is 6.06. The molecule has 1 N–H and O–H groups in total. The van der Waals surface area contributed by atoms with Crippen LogP contribution in [0.3, 0.4) is 0 Å². The summed E-state index contributed by atoms with van der Waals surface area (Å²) >= 11 is 0. The van der Waals surface area contributed by atoms with Crippen LogP contribution in [0.15, 0.2) is 23.3 Å². The Morgan fingerprint density at radius 1 is 1.32 bits per heavy atom. The monoisotopic (exact) mass is 264 g/mol. The molecule has 1 atom stereocenters. The summed E-state index contributed by atoms with van der Waals surface area (Å²) in [6.45, 7) is 9.40. The Kier molecular flexibility index (Phi) is 6.85. The molecule has 0 aromatic heterocycles. The summed E-state index contributed by atoms with van der Waals surface area (Å²) in [4.78, 5) is 13.9. The maximum atomic E-state index is 11.5. The fourth-order valence-corrected chi connectivity index (χ4v) is 2.39. The summed E-state index contributed by atoms with van der Waals surface area (Å²) in [7, 11) is 1.72. The molecule has 1 aliphatic rings. The molecule has 0 saturated carbocycles. The maximum absolute atomic E-state index is 11.5. The first-order valence-corrected chi connectivity index (χ1v) is 7.26. The summed E-state index contributed by atoms with van der Waals surface area (Å²) in [5, 5.41) is 2.74. The highest BCUT2D eigenvalue weighted by molar-refractivity contribution is 5.78. The zero-order valence-electron chi connectivity index (χ0n) is 12.8. The lowest BCUT2D eigenvalue weighted by molar-refractivity contribution is -0.124. The molecule has 0 radical (unpaired) electrons. The summed E-state index contributed by atoms with van der Waals surface area (Å²) < 4.78 is 0. The number of amides is 1. The average molecular weight is 264 g/mol. The van der Waals surface area contributed by atoms with Crippen LogP contribution in [-0.2, 0) is 4.79 Å². The van der Waals surface area contributed by atoms with Crippen molar-refractivity contribution in [1.29, 1.82) is 0 Å². The van der Waals surface area contributed by atoms with E-state index in [1.165, 1.54) is 11.1 Å². The van der Waals surface area contributed by atoms with E-state index in [0.29, 0.717) is 0 Å². The quantitative estimate of drug-likeness (QED) is 0.748. The molecule has 1 heterocycles. The predicted octanol–water partition coefficient (Wildman–Crippen LogP) is 2.75. The molecule has 1 unspecified atom stereocenters. The van der Waals surface area contributed by atoms with Crippen molar-refractivity contribution in [2.45, 2.75) is 40.0 Å². The highest BCUT2D eigenvalue weighted by Crippen LogP contribution is 2.16. The van der Waals surface area contributed by atoms with Crippen molar-refractivity contribution in [1.82, 2.24) is 10.2 Å². The summed E-state index contributed by atoms with van der Waals surface area (Å²) in [6, 6.07) is 0. The molecule has 1 fully saturated rings. The van der Waals surface area contributed by atoms with Gasteiger partial charge < -0.3 is 5.32 Å². The molecule has 0 aliphatic carbocycles. The number of likely N-dealkylation sites (tertiary alicyclic amines) is 1. The number of carbonyl (C=O) groups is 1. The Bertz CT molecular complexity index is 354. The van der Waals surface area contributed by atoms with Gasteiger partial charge in [0, 0.05) is 20.1 Å². The SMILES string of the molecule is CNC(=O)C1CCN(C/C=C(\C)CCC=C(C)C)C1. The Balaban J connectivity index is 2.29. The van der Waals surface area contributed by atoms with Crippen molar-refractivity contribution in [2.24, 2.45) is 5.92 Å². The molecule has 0 aromatic carbocycles. The van der Waals surface area contributed by atoms with Crippen molar-refractivity contribution in [2.75, 3.05) is 26.7 Å². The lowest BCUT2D eigenvalue weighted by atomic mass is 10.1. The zero-order chi connectivity index (χ0) is 14.3. The summed E-state index contributed by atoms with van der Waals surface area (Å²) in [5.41, 5.74) is 2.83. The van der Waals surface area contributed by atoms with Crippen LogP contribution in [0.4, 0.5) is 0 Å². The summed E-state index contributed by atoms with van der Waals surface area (Å²) in [6.07, 6.45) is 7.85. The van der Waals surface area contributed by atoms with E-state index < -0.39 is 0 Å². The highest BCUT2D eigenvalue weighted by Gasteiger charge is 2.26. The first kappa shape index (κ1) is 16.0. The Morgan fingerprint density at radius 3 is 2.68 bits per heavy atom. The number of allylic oxidation sites excluding steroid dienone is 3. The number of nitrogens with zero attached hydrogens (tertiary/aromatic N) is 1. The predicted molar refractivity (Wildman–Crippen MR) is 81.0 cm³/mol. The van der Waals surface area contributed by atoms with Gasteiger partial charge in [0.05, 0.1) is 5.92 Å². The van der Waals surface area contributed by atoms with Gasteiger partial charge in [-0.2, -0.15) is 0 Å². The topological polar surface area (TPSA) is 32.3 Å². The van der Waals surface area contributed by atoms with E-state index in [0.717, 1.165) is 38.9 Å². The van der Waals surface area contributed by atoms with E-state index in [1.807, 2.05) is 0 Å². The minimum atomic E-state index is 0.185. The minimum absolute atomic E-state index is 0.185. The van der Waals surface area contributed by atoms with Crippen LogP contribution in [0.25, 0.3) is 0 Å². The molecule has 1 aliphatic heterocycles. The molecule has 108 valence electrons. The van der Waals surface area contributed by atoms with Gasteiger partial charge in [-0.3, -0.25) is 9.69 Å². The fourth-order valence-electron chi connectivity index (χ4n) is 2.39. The first-order chi connectivity index (χ1) is 9.02. The standard InChI is InChI=1S/C16H28N2O/c1-13(2)6-5-7-14(3)8-10-18-11-9-15(12-18)16(19)17-4/h6,8,15H,5,7,9-12H2,1-4H3,(H,17,19)/b14-8+. The van der Waals surface area contributed by atoms with Crippen molar-refractivity contribution < 1.29 is 4.79 Å². The van der Waals surface area contributed by atoms with E-state index in [4.69, 9.17) is 0 Å². The normalized spacial score (nSPS) is 20.4. The van der Waals surface area contributed by atoms with Crippen LogP contribution in [0.2, 0.25) is 0 Å². The Labute approximate surface area is 117 Å².